The Kier molecular flexibility index (Phi) is 5.89. The molecule has 4 rings (SSSR count). The van der Waals surface area contributed by atoms with Gasteiger partial charge in [0.2, 0.25) is 0 Å². The summed E-state index contributed by atoms with van der Waals surface area (Å²) < 4.78 is 40.4. The highest BCUT2D eigenvalue weighted by Crippen LogP contribution is 2.36. The number of amides is 1. The number of Topliss-reactive ketones (excluding diaryl/α,β-unsaturated/α-hetero) is 1. The Bertz CT molecular complexity index is 1360. The minimum atomic E-state index is -4.59. The van der Waals surface area contributed by atoms with Crippen LogP contribution in [-0.4, -0.2) is 16.3 Å². The summed E-state index contributed by atoms with van der Waals surface area (Å²) in [5.41, 5.74) is -1.35. The predicted octanol–water partition coefficient (Wildman–Crippen LogP) is 5.92. The molecule has 0 unspecified atom stereocenters. The molecule has 3 aromatic rings. The van der Waals surface area contributed by atoms with Gasteiger partial charge in [-0.15, -0.1) is 0 Å². The first-order chi connectivity index (χ1) is 15.9. The van der Waals surface area contributed by atoms with Crippen molar-refractivity contribution >= 4 is 29.0 Å². The van der Waals surface area contributed by atoms with Crippen LogP contribution < -0.4 is 10.9 Å². The molecule has 2 aromatic carbocycles. The normalized spacial score (nSPS) is 15.1. The third-order valence-electron chi connectivity index (χ3n) is 5.67. The molecule has 5 nitrogen and oxygen atoms in total. The maximum Gasteiger partial charge on any atom is 0.416 e. The van der Waals surface area contributed by atoms with Gasteiger partial charge in [-0.05, 0) is 60.4 Å². The lowest BCUT2D eigenvalue weighted by atomic mass is 9.75. The topological polar surface area (TPSA) is 68.2 Å². The number of hydrogen-bond donors (Lipinski definition) is 1. The fourth-order valence-electron chi connectivity index (χ4n) is 4.11. The van der Waals surface area contributed by atoms with Gasteiger partial charge >= 0.3 is 6.18 Å². The zero-order valence-electron chi connectivity index (χ0n) is 18.3. The smallest absolute Gasteiger partial charge is 0.322 e. The first-order valence-electron chi connectivity index (χ1n) is 10.4. The average Bonchev–Trinajstić information content (AvgIpc) is 2.73. The van der Waals surface area contributed by atoms with Gasteiger partial charge in [-0.25, -0.2) is 0 Å². The molecule has 176 valence electrons. The fourth-order valence-corrected chi connectivity index (χ4v) is 4.24. The van der Waals surface area contributed by atoms with E-state index in [4.69, 9.17) is 11.6 Å². The second kappa shape index (κ2) is 8.43. The molecule has 1 aliphatic carbocycles. The van der Waals surface area contributed by atoms with Crippen LogP contribution in [0.4, 0.5) is 18.9 Å². The van der Waals surface area contributed by atoms with Crippen LogP contribution in [0.2, 0.25) is 5.02 Å². The molecule has 0 bridgehead atoms. The van der Waals surface area contributed by atoms with E-state index >= 15 is 0 Å². The monoisotopic (exact) mass is 488 g/mol. The van der Waals surface area contributed by atoms with Crippen molar-refractivity contribution in [3.8, 4) is 5.69 Å². The molecule has 1 N–H and O–H groups in total. The van der Waals surface area contributed by atoms with E-state index in [1.165, 1.54) is 16.7 Å². The number of nitrogens with zero attached hydrogens (tertiary/aromatic N) is 1. The Morgan fingerprint density at radius 2 is 1.71 bits per heavy atom. The number of anilines is 1. The predicted molar refractivity (Wildman–Crippen MR) is 123 cm³/mol. The van der Waals surface area contributed by atoms with E-state index < -0.39 is 28.6 Å². The molecule has 1 amide bonds. The van der Waals surface area contributed by atoms with Crippen molar-refractivity contribution in [3.63, 3.8) is 0 Å². The number of halogens is 4. The van der Waals surface area contributed by atoms with E-state index in [0.29, 0.717) is 22.8 Å². The summed E-state index contributed by atoms with van der Waals surface area (Å²) >= 11 is 5.98. The van der Waals surface area contributed by atoms with Crippen molar-refractivity contribution in [1.82, 2.24) is 4.57 Å². The Balaban J connectivity index is 1.85. The third kappa shape index (κ3) is 4.63. The highest BCUT2D eigenvalue weighted by Gasteiger charge is 2.35. The summed E-state index contributed by atoms with van der Waals surface area (Å²) in [6.07, 6.45) is -3.94. The van der Waals surface area contributed by atoms with E-state index in [1.54, 1.807) is 24.3 Å². The van der Waals surface area contributed by atoms with Gasteiger partial charge in [-0.3, -0.25) is 19.0 Å². The minimum absolute atomic E-state index is 0.123. The van der Waals surface area contributed by atoms with Gasteiger partial charge in [0, 0.05) is 34.1 Å². The van der Waals surface area contributed by atoms with Crippen molar-refractivity contribution < 1.29 is 22.8 Å². The van der Waals surface area contributed by atoms with E-state index in [0.717, 1.165) is 18.2 Å². The molecule has 0 saturated heterocycles. The Morgan fingerprint density at radius 3 is 2.35 bits per heavy atom. The highest BCUT2D eigenvalue weighted by molar-refractivity contribution is 6.30. The molecule has 0 atom stereocenters. The van der Waals surface area contributed by atoms with E-state index in [2.05, 4.69) is 5.32 Å². The van der Waals surface area contributed by atoms with Gasteiger partial charge in [0.1, 0.15) is 5.56 Å². The number of fused-ring (bicyclic) bond motifs is 1. The molecular weight excluding hydrogens is 469 g/mol. The third-order valence-corrected chi connectivity index (χ3v) is 5.92. The number of benzene rings is 2. The van der Waals surface area contributed by atoms with Gasteiger partial charge in [-0.2, -0.15) is 13.2 Å². The lowest BCUT2D eigenvalue weighted by Crippen LogP contribution is -2.37. The molecule has 1 heterocycles. The summed E-state index contributed by atoms with van der Waals surface area (Å²) in [6, 6.07) is 11.7. The van der Waals surface area contributed by atoms with Crippen LogP contribution in [-0.2, 0) is 12.6 Å². The number of pyridine rings is 1. The number of carbonyl (C=O) groups is 2. The Labute approximate surface area is 198 Å². The highest BCUT2D eigenvalue weighted by atomic mass is 35.5. The number of ketones is 1. The van der Waals surface area contributed by atoms with Crippen molar-refractivity contribution in [3.05, 3.63) is 92.4 Å². The van der Waals surface area contributed by atoms with Crippen molar-refractivity contribution in [1.29, 1.82) is 0 Å². The minimum Gasteiger partial charge on any atom is -0.322 e. The van der Waals surface area contributed by atoms with Gasteiger partial charge in [0.25, 0.3) is 11.5 Å². The van der Waals surface area contributed by atoms with Gasteiger partial charge < -0.3 is 5.32 Å². The molecule has 0 aliphatic heterocycles. The van der Waals surface area contributed by atoms with Crippen LogP contribution in [0.15, 0.2) is 59.4 Å². The maximum absolute atomic E-state index is 13.5. The molecule has 34 heavy (non-hydrogen) atoms. The molecule has 1 aliphatic rings. The molecule has 0 radical (unpaired) electrons. The number of hydrogen-bond acceptors (Lipinski definition) is 3. The van der Waals surface area contributed by atoms with Gasteiger partial charge in [0.05, 0.1) is 5.56 Å². The number of carbonyl (C=O) groups excluding carboxylic acids is 2. The second-order valence-electron chi connectivity index (χ2n) is 9.01. The number of aromatic nitrogens is 1. The standard InChI is InChI=1S/C25H20ClF3N2O3/c1-24(2)12-20-18(21(32)13-24)11-19(23(34)31(20)17-8-6-15(26)7-9-17)22(33)30-16-5-3-4-14(10-16)25(27,28)29/h3-11H,12-13H2,1-2H3,(H,30,33). The molecule has 9 heteroatoms. The van der Waals surface area contributed by atoms with Crippen molar-refractivity contribution in [2.24, 2.45) is 5.41 Å². The number of nitrogens with one attached hydrogen (secondary N) is 1. The zero-order chi connectivity index (χ0) is 24.8. The molecular formula is C25H20ClF3N2O3. The average molecular weight is 489 g/mol. The van der Waals surface area contributed by atoms with Crippen LogP contribution in [0, 0.1) is 5.41 Å². The van der Waals surface area contributed by atoms with E-state index in [9.17, 15) is 27.6 Å². The SMILES string of the molecule is CC1(C)CC(=O)c2cc(C(=O)Nc3cccc(C(F)(F)F)c3)c(=O)n(-c3ccc(Cl)cc3)c2C1. The Hall–Kier alpha value is -3.39. The second-order valence-corrected chi connectivity index (χ2v) is 9.45. The quantitative estimate of drug-likeness (QED) is 0.498. The van der Waals surface area contributed by atoms with Crippen LogP contribution in [0.5, 0.6) is 0 Å². The van der Waals surface area contributed by atoms with E-state index in [-0.39, 0.29) is 29.0 Å². The lowest BCUT2D eigenvalue weighted by Gasteiger charge is -2.32. The van der Waals surface area contributed by atoms with E-state index in [1.807, 2.05) is 13.8 Å². The molecule has 0 fully saturated rings. The van der Waals surface area contributed by atoms with Crippen LogP contribution >= 0.6 is 11.6 Å². The first-order valence-corrected chi connectivity index (χ1v) is 10.8. The van der Waals surface area contributed by atoms with Gasteiger partial charge in [0.15, 0.2) is 5.78 Å². The molecule has 1 aromatic heterocycles. The summed E-state index contributed by atoms with van der Waals surface area (Å²) in [6.45, 7) is 3.83. The van der Waals surface area contributed by atoms with Crippen LogP contribution in [0.3, 0.4) is 0 Å². The molecule has 0 spiro atoms. The molecule has 0 saturated carbocycles. The van der Waals surface area contributed by atoms with Crippen molar-refractivity contribution in [2.45, 2.75) is 32.9 Å². The first kappa shape index (κ1) is 23.8. The summed E-state index contributed by atoms with van der Waals surface area (Å²) in [7, 11) is 0. The lowest BCUT2D eigenvalue weighted by molar-refractivity contribution is -0.137. The fraction of sp³-hybridized carbons (Fsp3) is 0.240. The van der Waals surface area contributed by atoms with Crippen molar-refractivity contribution in [2.75, 3.05) is 5.32 Å². The summed E-state index contributed by atoms with van der Waals surface area (Å²) in [5, 5.41) is 2.80. The maximum atomic E-state index is 13.5. The zero-order valence-corrected chi connectivity index (χ0v) is 19.1. The van der Waals surface area contributed by atoms with Gasteiger partial charge in [-0.1, -0.05) is 31.5 Å². The summed E-state index contributed by atoms with van der Waals surface area (Å²) in [4.78, 5) is 39.4. The largest absolute Gasteiger partial charge is 0.416 e. The van der Waals surface area contributed by atoms with Crippen LogP contribution in [0.1, 0.15) is 52.2 Å². The number of rotatable bonds is 3. The summed E-state index contributed by atoms with van der Waals surface area (Å²) in [5.74, 6) is -1.13. The van der Waals surface area contributed by atoms with Crippen LogP contribution in [0.25, 0.3) is 5.69 Å². The Morgan fingerprint density at radius 1 is 1.03 bits per heavy atom. The number of alkyl halides is 3.